The minimum Gasteiger partial charge on any atom is -0.459 e. The number of ether oxygens (including phenoxy) is 4. The first-order valence-corrected chi connectivity index (χ1v) is 19.3. The quantitative estimate of drug-likeness (QED) is 0.0886. The molecule has 1 aromatic rings. The number of rotatable bonds is 12. The maximum Gasteiger partial charge on any atom is 0.316 e. The highest BCUT2D eigenvalue weighted by Crippen LogP contribution is 2.38. The molecule has 2 aliphatic heterocycles. The number of carbonyl (C=O) groups excluding carboxylic acids is 2. The van der Waals surface area contributed by atoms with E-state index in [1.807, 2.05) is 61.0 Å². The third-order valence-electron chi connectivity index (χ3n) is 11.4. The lowest BCUT2D eigenvalue weighted by molar-refractivity contribution is -0.295. The molecular formula is C37H67BN6O10. The monoisotopic (exact) mass is 767 g/mol. The Labute approximate surface area is 322 Å². The van der Waals surface area contributed by atoms with Gasteiger partial charge in [0.2, 0.25) is 0 Å². The van der Waals surface area contributed by atoms with Gasteiger partial charge >= 0.3 is 5.97 Å². The number of likely N-dealkylation sites (N-methyl/N-ethyl adjacent to an activating group) is 2. The average Bonchev–Trinajstić information content (AvgIpc) is 3.54. The number of methoxy groups -OCH3 is 1. The first-order valence-electron chi connectivity index (χ1n) is 19.3. The van der Waals surface area contributed by atoms with Crippen LogP contribution in [0.15, 0.2) is 11.4 Å². The highest BCUT2D eigenvalue weighted by Gasteiger charge is 2.51. The molecule has 16 nitrogen and oxygen atoms in total. The summed E-state index contributed by atoms with van der Waals surface area (Å²) in [5, 5.41) is 48.0. The summed E-state index contributed by atoms with van der Waals surface area (Å²) in [4.78, 5) is 37.6. The predicted molar refractivity (Wildman–Crippen MR) is 204 cm³/mol. The van der Waals surface area contributed by atoms with Crippen LogP contribution >= 0.6 is 0 Å². The van der Waals surface area contributed by atoms with Gasteiger partial charge in [0.15, 0.2) is 12.1 Å². The van der Waals surface area contributed by atoms with Crippen LogP contribution in [-0.2, 0) is 39.8 Å². The van der Waals surface area contributed by atoms with E-state index in [4.69, 9.17) is 23.8 Å². The Morgan fingerprint density at radius 2 is 1.76 bits per heavy atom. The first kappa shape index (κ1) is 45.9. The van der Waals surface area contributed by atoms with Crippen molar-refractivity contribution < 1.29 is 48.7 Å². The van der Waals surface area contributed by atoms with E-state index in [2.05, 4.69) is 20.4 Å². The molecule has 0 spiro atoms. The molecule has 3 heterocycles. The number of esters is 1. The van der Waals surface area contributed by atoms with Crippen LogP contribution in [0.25, 0.3) is 0 Å². The Bertz CT molecular complexity index is 1400. The Morgan fingerprint density at radius 1 is 1.09 bits per heavy atom. The molecule has 0 aromatic carbocycles. The third kappa shape index (κ3) is 11.1. The van der Waals surface area contributed by atoms with Gasteiger partial charge in [-0.1, -0.05) is 38.1 Å². The van der Waals surface area contributed by atoms with Gasteiger partial charge in [-0.05, 0) is 68.1 Å². The van der Waals surface area contributed by atoms with Crippen molar-refractivity contribution in [1.82, 2.24) is 24.7 Å². The number of aliphatic hydroxyl groups excluding tert-OH is 2. The van der Waals surface area contributed by atoms with Crippen LogP contribution in [0.3, 0.4) is 0 Å². The Kier molecular flexibility index (Phi) is 16.6. The zero-order chi connectivity index (χ0) is 40.7. The Morgan fingerprint density at radius 3 is 2.33 bits per heavy atom. The zero-order valence-corrected chi connectivity index (χ0v) is 34.8. The van der Waals surface area contributed by atoms with Crippen molar-refractivity contribution >= 4 is 25.4 Å². The van der Waals surface area contributed by atoms with Crippen molar-refractivity contribution in [2.24, 2.45) is 28.8 Å². The van der Waals surface area contributed by atoms with E-state index >= 15 is 0 Å². The summed E-state index contributed by atoms with van der Waals surface area (Å²) < 4.78 is 26.7. The fourth-order valence-electron chi connectivity index (χ4n) is 7.85. The summed E-state index contributed by atoms with van der Waals surface area (Å²) in [6.07, 6.45) is -2.73. The highest BCUT2D eigenvalue weighted by atomic mass is 16.7. The number of aliphatic hydroxyl groups is 3. The van der Waals surface area contributed by atoms with Crippen LogP contribution in [0, 0.1) is 23.7 Å². The Hall–Kier alpha value is -2.51. The van der Waals surface area contributed by atoms with E-state index in [1.165, 1.54) is 21.0 Å². The highest BCUT2D eigenvalue weighted by molar-refractivity contribution is 6.05. The van der Waals surface area contributed by atoms with Crippen molar-refractivity contribution in [2.45, 2.75) is 135 Å². The average molecular weight is 767 g/mol. The molecule has 3 rings (SSSR count). The molecule has 3 N–H and O–H groups in total. The second kappa shape index (κ2) is 19.6. The van der Waals surface area contributed by atoms with Crippen molar-refractivity contribution in [3.05, 3.63) is 11.9 Å². The van der Waals surface area contributed by atoms with E-state index in [-0.39, 0.29) is 31.6 Å². The lowest BCUT2D eigenvalue weighted by Gasteiger charge is -2.47. The Balaban J connectivity index is 2.06. The molecule has 13 atom stereocenters. The van der Waals surface area contributed by atoms with Crippen molar-refractivity contribution in [2.75, 3.05) is 47.9 Å². The molecule has 0 unspecified atom stereocenters. The van der Waals surface area contributed by atoms with Crippen LogP contribution < -0.4 is 0 Å². The largest absolute Gasteiger partial charge is 0.459 e. The molecule has 0 aliphatic carbocycles. The van der Waals surface area contributed by atoms with E-state index < -0.39 is 77.3 Å². The van der Waals surface area contributed by atoms with Crippen molar-refractivity contribution in [3.63, 3.8) is 0 Å². The molecule has 2 saturated heterocycles. The summed E-state index contributed by atoms with van der Waals surface area (Å²) >= 11 is 0. The molecule has 1 aromatic heterocycles. The summed E-state index contributed by atoms with van der Waals surface area (Å²) in [6.45, 7) is 15.1. The SMILES string of the molecule is Bn1cc(CCN(C)[C@H]2C[C@@H](C)O[C@@H](O[C@@H]3[C@@H](C)C(=O)[C@@H](C)C(=O)O[C@H](CC)[C@@](C)(O)[C@H](O)[C@@H](C)/C(=N/OCCN(C)C)[C@H](C)C[C@@]3(C)OC)[C@@H]2O)nn1. The standard InChI is InChI=1S/C37H67BN6O10/c1-13-28-37(8,49)32(47)23(4)29(40-51-17-16-42(9)10)21(2)19-36(7,50-12)33(24(5)30(45)25(6)34(48)53-28)54-35-31(46)27(18-22(3)52-35)43(11)15-14-26-20-44(38)41-39-26/h20-25,27-28,31-33,35,46-47,49H,13-19,38H2,1-12H3/b40-29+/t21-,22-,23+,24+,25-,27+,28-,31-,32-,33-,35+,36-,37-/m1/s1. The zero-order valence-electron chi connectivity index (χ0n) is 34.8. The van der Waals surface area contributed by atoms with E-state index in [9.17, 15) is 24.9 Å². The van der Waals surface area contributed by atoms with Crippen LogP contribution in [0.4, 0.5) is 0 Å². The fourth-order valence-corrected chi connectivity index (χ4v) is 7.85. The van der Waals surface area contributed by atoms with Gasteiger partial charge in [0, 0.05) is 56.6 Å². The summed E-state index contributed by atoms with van der Waals surface area (Å²) in [5.41, 5.74) is -1.85. The molecule has 2 fully saturated rings. The first-order chi connectivity index (χ1) is 25.2. The summed E-state index contributed by atoms with van der Waals surface area (Å²) in [6, 6.07) is -0.347. The number of carbonyl (C=O) groups is 2. The third-order valence-corrected chi connectivity index (χ3v) is 11.4. The van der Waals surface area contributed by atoms with Gasteiger partial charge in [-0.2, -0.15) is 0 Å². The maximum atomic E-state index is 14.2. The van der Waals surface area contributed by atoms with Gasteiger partial charge in [-0.25, -0.2) is 0 Å². The molecule has 54 heavy (non-hydrogen) atoms. The number of Topliss-reactive ketones (excluding diaryl/α,β-unsaturated/α-hetero) is 1. The lowest BCUT2D eigenvalue weighted by Crippen LogP contribution is -2.60. The number of aromatic nitrogens is 3. The lowest BCUT2D eigenvalue weighted by atomic mass is 9.74. The van der Waals surface area contributed by atoms with Crippen LogP contribution in [0.2, 0.25) is 0 Å². The van der Waals surface area contributed by atoms with Gasteiger partial charge in [-0.15, -0.1) is 5.10 Å². The molecule has 0 amide bonds. The van der Waals surface area contributed by atoms with Crippen molar-refractivity contribution in [3.8, 4) is 0 Å². The van der Waals surface area contributed by atoms with Crippen LogP contribution in [0.5, 0.6) is 0 Å². The number of cyclic esters (lactones) is 1. The molecule has 17 heteroatoms. The second-order valence-corrected chi connectivity index (χ2v) is 16.3. The number of oxime groups is 1. The molecule has 2 aliphatic rings. The van der Waals surface area contributed by atoms with Gasteiger partial charge in [-0.3, -0.25) is 9.59 Å². The number of nitrogens with zero attached hydrogens (tertiary/aromatic N) is 6. The minimum atomic E-state index is -1.90. The normalized spacial score (nSPS) is 38.5. The molecule has 308 valence electrons. The van der Waals surface area contributed by atoms with Gasteiger partial charge in [0.25, 0.3) is 7.98 Å². The molecule has 0 saturated carbocycles. The van der Waals surface area contributed by atoms with Gasteiger partial charge in [0.05, 0.1) is 35.3 Å². The molecular weight excluding hydrogens is 699 g/mol. The number of hydrogen-bond acceptors (Lipinski definition) is 15. The van der Waals surface area contributed by atoms with Gasteiger partial charge < -0.3 is 53.5 Å². The fraction of sp³-hybridized carbons (Fsp3) is 0.865. The predicted octanol–water partition coefficient (Wildman–Crippen LogP) is 0.688. The smallest absolute Gasteiger partial charge is 0.316 e. The summed E-state index contributed by atoms with van der Waals surface area (Å²) in [5.74, 6) is -4.71. The summed E-state index contributed by atoms with van der Waals surface area (Å²) in [7, 11) is 9.09. The van der Waals surface area contributed by atoms with E-state index in [0.29, 0.717) is 31.6 Å². The number of ketones is 1. The topological polar surface area (TPSA) is 191 Å². The van der Waals surface area contributed by atoms with E-state index in [1.54, 1.807) is 25.4 Å². The van der Waals surface area contributed by atoms with Crippen LogP contribution in [-0.4, -0.2) is 167 Å². The van der Waals surface area contributed by atoms with Gasteiger partial charge in [0.1, 0.15) is 30.3 Å². The maximum absolute atomic E-state index is 14.2. The van der Waals surface area contributed by atoms with E-state index in [0.717, 1.165) is 5.69 Å². The molecule has 0 bridgehead atoms. The van der Waals surface area contributed by atoms with Crippen LogP contribution in [0.1, 0.15) is 80.3 Å². The van der Waals surface area contributed by atoms with Crippen molar-refractivity contribution in [1.29, 1.82) is 0 Å². The number of hydrogen-bond donors (Lipinski definition) is 3. The molecule has 0 radical (unpaired) electrons. The second-order valence-electron chi connectivity index (χ2n) is 16.3. The minimum absolute atomic E-state index is 0.178.